The molecule has 0 saturated heterocycles. The number of pyridine rings is 1. The van der Waals surface area contributed by atoms with Crippen molar-refractivity contribution in [2.24, 2.45) is 0 Å². The number of nitrogens with one attached hydrogen (secondary N) is 1. The minimum atomic E-state index is 0.947. The monoisotopic (exact) mass is 297 g/mol. The Labute approximate surface area is 133 Å². The van der Waals surface area contributed by atoms with Crippen LogP contribution in [0.1, 0.15) is 43.2 Å². The second kappa shape index (κ2) is 6.76. The van der Waals surface area contributed by atoms with Crippen molar-refractivity contribution in [2.75, 3.05) is 19.6 Å². The number of aromatic nitrogens is 1. The number of benzene rings is 1. The SMILES string of the molecule is CCNCc1c2c(nc3ccc(CC)cc13)CCN(CC)C2. The van der Waals surface area contributed by atoms with E-state index >= 15 is 0 Å². The first-order valence-electron chi connectivity index (χ1n) is 8.63. The largest absolute Gasteiger partial charge is 0.313 e. The van der Waals surface area contributed by atoms with Gasteiger partial charge in [0.15, 0.2) is 0 Å². The van der Waals surface area contributed by atoms with Gasteiger partial charge in [-0.2, -0.15) is 0 Å². The van der Waals surface area contributed by atoms with Crippen LogP contribution < -0.4 is 5.32 Å². The molecule has 1 aliphatic heterocycles. The average molecular weight is 297 g/mol. The summed E-state index contributed by atoms with van der Waals surface area (Å²) < 4.78 is 0. The summed E-state index contributed by atoms with van der Waals surface area (Å²) in [6, 6.07) is 6.77. The molecule has 1 aliphatic rings. The van der Waals surface area contributed by atoms with Crippen molar-refractivity contribution in [3.8, 4) is 0 Å². The first-order valence-corrected chi connectivity index (χ1v) is 8.63. The van der Waals surface area contributed by atoms with Gasteiger partial charge in [-0.05, 0) is 48.3 Å². The van der Waals surface area contributed by atoms with Crippen LogP contribution in [0.15, 0.2) is 18.2 Å². The number of aryl methyl sites for hydroxylation is 1. The van der Waals surface area contributed by atoms with Crippen LogP contribution >= 0.6 is 0 Å². The topological polar surface area (TPSA) is 28.2 Å². The van der Waals surface area contributed by atoms with Gasteiger partial charge in [0.05, 0.1) is 5.52 Å². The van der Waals surface area contributed by atoms with Gasteiger partial charge in [-0.15, -0.1) is 0 Å². The van der Waals surface area contributed by atoms with Crippen LogP contribution in [0.4, 0.5) is 0 Å². The van der Waals surface area contributed by atoms with Crippen molar-refractivity contribution in [3.05, 3.63) is 40.6 Å². The van der Waals surface area contributed by atoms with Gasteiger partial charge in [0.2, 0.25) is 0 Å². The number of rotatable bonds is 5. The fourth-order valence-corrected chi connectivity index (χ4v) is 3.37. The highest BCUT2D eigenvalue weighted by Gasteiger charge is 2.21. The smallest absolute Gasteiger partial charge is 0.0709 e. The van der Waals surface area contributed by atoms with Crippen molar-refractivity contribution in [1.29, 1.82) is 0 Å². The van der Waals surface area contributed by atoms with Gasteiger partial charge in [-0.1, -0.05) is 26.8 Å². The molecular formula is C19H27N3. The van der Waals surface area contributed by atoms with Gasteiger partial charge in [0.1, 0.15) is 0 Å². The molecule has 0 bridgehead atoms. The fraction of sp³-hybridized carbons (Fsp3) is 0.526. The second-order valence-electron chi connectivity index (χ2n) is 6.12. The lowest BCUT2D eigenvalue weighted by Gasteiger charge is -2.29. The number of hydrogen-bond acceptors (Lipinski definition) is 3. The second-order valence-corrected chi connectivity index (χ2v) is 6.12. The first-order chi connectivity index (χ1) is 10.8. The highest BCUT2D eigenvalue weighted by Crippen LogP contribution is 2.29. The molecule has 0 unspecified atom stereocenters. The van der Waals surface area contributed by atoms with Crippen LogP contribution in [0.2, 0.25) is 0 Å². The van der Waals surface area contributed by atoms with E-state index in [2.05, 4.69) is 49.2 Å². The fourth-order valence-electron chi connectivity index (χ4n) is 3.37. The molecule has 3 rings (SSSR count). The van der Waals surface area contributed by atoms with E-state index in [0.717, 1.165) is 51.1 Å². The van der Waals surface area contributed by atoms with E-state index in [1.807, 2.05) is 0 Å². The van der Waals surface area contributed by atoms with E-state index in [-0.39, 0.29) is 0 Å². The molecule has 0 atom stereocenters. The molecule has 22 heavy (non-hydrogen) atoms. The van der Waals surface area contributed by atoms with Gasteiger partial charge >= 0.3 is 0 Å². The summed E-state index contributed by atoms with van der Waals surface area (Å²) in [4.78, 5) is 7.50. The van der Waals surface area contributed by atoms with Gasteiger partial charge in [-0.25, -0.2) is 0 Å². The van der Waals surface area contributed by atoms with Crippen molar-refractivity contribution in [1.82, 2.24) is 15.2 Å². The molecule has 0 spiro atoms. The third-order valence-corrected chi connectivity index (χ3v) is 4.81. The molecule has 2 aromatic rings. The lowest BCUT2D eigenvalue weighted by atomic mass is 9.94. The third-order valence-electron chi connectivity index (χ3n) is 4.81. The van der Waals surface area contributed by atoms with Crippen LogP contribution in [0.3, 0.4) is 0 Å². The Hall–Kier alpha value is -1.45. The molecule has 1 aromatic carbocycles. The van der Waals surface area contributed by atoms with Gasteiger partial charge in [-0.3, -0.25) is 9.88 Å². The Bertz CT molecular complexity index is 663. The standard InChI is InChI=1S/C19H27N3/c1-4-14-7-8-18-15(11-14)16(12-20-5-2)17-13-22(6-3)10-9-19(17)21-18/h7-8,11,20H,4-6,9-10,12-13H2,1-3H3. The summed E-state index contributed by atoms with van der Waals surface area (Å²) in [5.41, 5.74) is 6.81. The summed E-state index contributed by atoms with van der Waals surface area (Å²) in [6.45, 7) is 11.9. The van der Waals surface area contributed by atoms with Crippen LogP contribution in [0, 0.1) is 0 Å². The average Bonchev–Trinajstić information content (AvgIpc) is 2.57. The Kier molecular flexibility index (Phi) is 4.74. The number of hydrogen-bond donors (Lipinski definition) is 1. The zero-order chi connectivity index (χ0) is 15.5. The molecule has 1 aromatic heterocycles. The lowest BCUT2D eigenvalue weighted by molar-refractivity contribution is 0.265. The predicted molar refractivity (Wildman–Crippen MR) is 93.2 cm³/mol. The van der Waals surface area contributed by atoms with Crippen molar-refractivity contribution >= 4 is 10.9 Å². The predicted octanol–water partition coefficient (Wildman–Crippen LogP) is 3.28. The Morgan fingerprint density at radius 2 is 2.09 bits per heavy atom. The molecule has 3 heteroatoms. The quantitative estimate of drug-likeness (QED) is 0.918. The molecule has 0 amide bonds. The minimum Gasteiger partial charge on any atom is -0.313 e. The molecule has 3 nitrogen and oxygen atoms in total. The Balaban J connectivity index is 2.16. The van der Waals surface area contributed by atoms with Crippen molar-refractivity contribution in [3.63, 3.8) is 0 Å². The molecule has 0 aliphatic carbocycles. The van der Waals surface area contributed by atoms with E-state index in [1.54, 1.807) is 0 Å². The van der Waals surface area contributed by atoms with E-state index in [1.165, 1.54) is 27.8 Å². The molecular weight excluding hydrogens is 270 g/mol. The van der Waals surface area contributed by atoms with E-state index in [9.17, 15) is 0 Å². The van der Waals surface area contributed by atoms with E-state index < -0.39 is 0 Å². The molecule has 0 saturated carbocycles. The summed E-state index contributed by atoms with van der Waals surface area (Å²) in [5, 5.41) is 4.88. The van der Waals surface area contributed by atoms with Crippen molar-refractivity contribution < 1.29 is 0 Å². The summed E-state index contributed by atoms with van der Waals surface area (Å²) in [6.07, 6.45) is 2.16. The minimum absolute atomic E-state index is 0.947. The maximum atomic E-state index is 4.97. The van der Waals surface area contributed by atoms with Gasteiger partial charge in [0, 0.05) is 37.1 Å². The van der Waals surface area contributed by atoms with Crippen molar-refractivity contribution in [2.45, 2.75) is 46.7 Å². The van der Waals surface area contributed by atoms with Crippen LogP contribution in [-0.2, 0) is 25.9 Å². The Morgan fingerprint density at radius 3 is 2.82 bits per heavy atom. The molecule has 1 N–H and O–H groups in total. The zero-order valence-corrected chi connectivity index (χ0v) is 14.1. The lowest BCUT2D eigenvalue weighted by Crippen LogP contribution is -2.32. The summed E-state index contributed by atoms with van der Waals surface area (Å²) in [7, 11) is 0. The maximum absolute atomic E-state index is 4.97. The molecule has 0 radical (unpaired) electrons. The first kappa shape index (κ1) is 15.4. The van der Waals surface area contributed by atoms with Crippen LogP contribution in [-0.4, -0.2) is 29.5 Å². The zero-order valence-electron chi connectivity index (χ0n) is 14.1. The highest BCUT2D eigenvalue weighted by molar-refractivity contribution is 5.84. The molecule has 118 valence electrons. The van der Waals surface area contributed by atoms with Gasteiger partial charge in [0.25, 0.3) is 0 Å². The van der Waals surface area contributed by atoms with Crippen LogP contribution in [0.25, 0.3) is 10.9 Å². The maximum Gasteiger partial charge on any atom is 0.0709 e. The number of nitrogens with zero attached hydrogens (tertiary/aromatic N) is 2. The van der Waals surface area contributed by atoms with E-state index in [4.69, 9.17) is 4.98 Å². The molecule has 2 heterocycles. The van der Waals surface area contributed by atoms with E-state index in [0.29, 0.717) is 0 Å². The third kappa shape index (κ3) is 2.88. The summed E-state index contributed by atoms with van der Waals surface area (Å²) in [5.74, 6) is 0. The highest BCUT2D eigenvalue weighted by atomic mass is 15.1. The normalized spacial score (nSPS) is 15.2. The number of likely N-dealkylation sites (N-methyl/N-ethyl adjacent to an activating group) is 1. The molecule has 0 fully saturated rings. The van der Waals surface area contributed by atoms with Crippen LogP contribution in [0.5, 0.6) is 0 Å². The Morgan fingerprint density at radius 1 is 1.23 bits per heavy atom. The summed E-state index contributed by atoms with van der Waals surface area (Å²) >= 11 is 0. The van der Waals surface area contributed by atoms with Gasteiger partial charge < -0.3 is 5.32 Å². The number of fused-ring (bicyclic) bond motifs is 2.